The van der Waals surface area contributed by atoms with Crippen molar-refractivity contribution in [2.24, 2.45) is 5.92 Å². The number of carbonyl (C=O) groups is 4. The maximum absolute atomic E-state index is 13.7. The van der Waals surface area contributed by atoms with E-state index in [1.165, 1.54) is 0 Å². The van der Waals surface area contributed by atoms with E-state index in [4.69, 9.17) is 4.74 Å². The zero-order valence-electron chi connectivity index (χ0n) is 24.2. The molecule has 2 fully saturated rings. The molecule has 1 saturated heterocycles. The second-order valence-electron chi connectivity index (χ2n) is 11.3. The molecule has 1 heterocycles. The number of carbonyl (C=O) groups excluding carboxylic acids is 4. The fourth-order valence-corrected chi connectivity index (χ4v) is 6.06. The number of hydrogen-bond donors (Lipinski definition) is 1. The van der Waals surface area contributed by atoms with Crippen molar-refractivity contribution < 1.29 is 23.9 Å². The van der Waals surface area contributed by atoms with Crippen molar-refractivity contribution in [3.63, 3.8) is 0 Å². The quantitative estimate of drug-likeness (QED) is 0.425. The highest BCUT2D eigenvalue weighted by Gasteiger charge is 2.58. The van der Waals surface area contributed by atoms with E-state index >= 15 is 0 Å². The molecule has 4 amide bonds. The molecule has 41 heavy (non-hydrogen) atoms. The predicted molar refractivity (Wildman–Crippen MR) is 154 cm³/mol. The third-order valence-electron chi connectivity index (χ3n) is 8.83. The highest BCUT2D eigenvalue weighted by atomic mass is 16.6. The van der Waals surface area contributed by atoms with Gasteiger partial charge < -0.3 is 19.9 Å². The maximum Gasteiger partial charge on any atom is 0.418 e. The molecule has 5 rings (SSSR count). The van der Waals surface area contributed by atoms with Crippen LogP contribution >= 0.6 is 0 Å². The average Bonchev–Trinajstić information content (AvgIpc) is 3.74. The van der Waals surface area contributed by atoms with Crippen molar-refractivity contribution in [1.29, 1.82) is 0 Å². The minimum Gasteiger partial charge on any atom is -0.427 e. The summed E-state index contributed by atoms with van der Waals surface area (Å²) in [7, 11) is 0. The Bertz CT molecular complexity index is 1310. The van der Waals surface area contributed by atoms with Crippen molar-refractivity contribution in [3.05, 3.63) is 70.8 Å². The summed E-state index contributed by atoms with van der Waals surface area (Å²) in [4.78, 5) is 58.1. The molecule has 0 aromatic heterocycles. The minimum atomic E-state index is -1.45. The number of imide groups is 1. The molecular formula is C32H40N4O5. The van der Waals surface area contributed by atoms with Gasteiger partial charge in [0.15, 0.2) is 0 Å². The van der Waals surface area contributed by atoms with Gasteiger partial charge in [-0.3, -0.25) is 14.4 Å². The van der Waals surface area contributed by atoms with Crippen LogP contribution in [0, 0.1) is 5.92 Å². The van der Waals surface area contributed by atoms with E-state index in [1.807, 2.05) is 37.3 Å². The predicted octanol–water partition coefficient (Wildman–Crippen LogP) is 3.71. The summed E-state index contributed by atoms with van der Waals surface area (Å²) >= 11 is 0. The van der Waals surface area contributed by atoms with E-state index in [0.29, 0.717) is 36.6 Å². The molecule has 2 aromatic carbocycles. The van der Waals surface area contributed by atoms with Gasteiger partial charge in [-0.15, -0.1) is 0 Å². The van der Waals surface area contributed by atoms with Crippen LogP contribution in [0.15, 0.2) is 48.5 Å². The lowest BCUT2D eigenvalue weighted by Gasteiger charge is -2.30. The number of benzene rings is 2. The van der Waals surface area contributed by atoms with Gasteiger partial charge in [-0.2, -0.15) is 0 Å². The summed E-state index contributed by atoms with van der Waals surface area (Å²) in [5, 5.41) is 2.96. The monoisotopic (exact) mass is 560 g/mol. The number of likely N-dealkylation sites (N-methyl/N-ethyl adjacent to an activating group) is 1. The Morgan fingerprint density at radius 2 is 1.83 bits per heavy atom. The van der Waals surface area contributed by atoms with Gasteiger partial charge in [0.1, 0.15) is 6.54 Å². The Balaban J connectivity index is 1.28. The van der Waals surface area contributed by atoms with E-state index in [1.54, 1.807) is 23.1 Å². The van der Waals surface area contributed by atoms with Crippen molar-refractivity contribution in [2.75, 3.05) is 32.7 Å². The first-order valence-corrected chi connectivity index (χ1v) is 14.8. The SMILES string of the molecule is CCN(CC)CCNC(=O)c1ccc2c(c1)CC[C@@]21OC(=O)N(CC(=O)N(Cc2ccccc2)[C@@H](C)C2CC2)C1=O. The number of amides is 4. The van der Waals surface area contributed by atoms with Crippen molar-refractivity contribution >= 4 is 23.8 Å². The Morgan fingerprint density at radius 3 is 2.51 bits per heavy atom. The molecule has 1 spiro atoms. The largest absolute Gasteiger partial charge is 0.427 e. The van der Waals surface area contributed by atoms with Gasteiger partial charge in [-0.25, -0.2) is 9.69 Å². The lowest BCUT2D eigenvalue weighted by atomic mass is 9.94. The number of nitrogens with one attached hydrogen (secondary N) is 1. The van der Waals surface area contributed by atoms with E-state index in [-0.39, 0.29) is 30.8 Å². The number of aryl methyl sites for hydroxylation is 1. The number of fused-ring (bicyclic) bond motifs is 2. The van der Waals surface area contributed by atoms with Gasteiger partial charge >= 0.3 is 6.09 Å². The van der Waals surface area contributed by atoms with Gasteiger partial charge in [0.2, 0.25) is 11.5 Å². The molecule has 0 radical (unpaired) electrons. The van der Waals surface area contributed by atoms with Crippen LogP contribution in [0.5, 0.6) is 0 Å². The van der Waals surface area contributed by atoms with Crippen molar-refractivity contribution in [3.8, 4) is 0 Å². The van der Waals surface area contributed by atoms with Crippen LogP contribution in [0.4, 0.5) is 4.79 Å². The van der Waals surface area contributed by atoms with E-state index in [0.717, 1.165) is 48.5 Å². The second kappa shape index (κ2) is 12.0. The molecule has 9 heteroatoms. The Labute approximate surface area is 241 Å². The Hall–Kier alpha value is -3.72. The first kappa shape index (κ1) is 28.8. The van der Waals surface area contributed by atoms with Gasteiger partial charge in [-0.1, -0.05) is 50.2 Å². The molecule has 2 aliphatic carbocycles. The van der Waals surface area contributed by atoms with E-state index in [9.17, 15) is 19.2 Å². The summed E-state index contributed by atoms with van der Waals surface area (Å²) in [5.74, 6) is -0.526. The summed E-state index contributed by atoms with van der Waals surface area (Å²) < 4.78 is 5.76. The highest BCUT2D eigenvalue weighted by molar-refractivity contribution is 6.06. The molecule has 1 N–H and O–H groups in total. The minimum absolute atomic E-state index is 0.00850. The van der Waals surface area contributed by atoms with Crippen molar-refractivity contribution in [2.45, 2.75) is 64.6 Å². The molecule has 0 unspecified atom stereocenters. The fraction of sp³-hybridized carbons (Fsp3) is 0.500. The molecule has 1 saturated carbocycles. The molecule has 9 nitrogen and oxygen atoms in total. The third-order valence-corrected chi connectivity index (χ3v) is 8.83. The first-order valence-electron chi connectivity index (χ1n) is 14.8. The highest BCUT2D eigenvalue weighted by Crippen LogP contribution is 2.45. The van der Waals surface area contributed by atoms with Crippen LogP contribution in [0.25, 0.3) is 0 Å². The lowest BCUT2D eigenvalue weighted by Crippen LogP contribution is -2.47. The lowest BCUT2D eigenvalue weighted by molar-refractivity contribution is -0.143. The van der Waals surface area contributed by atoms with Crippen LogP contribution in [-0.4, -0.2) is 77.3 Å². The number of rotatable bonds is 12. The summed E-state index contributed by atoms with van der Waals surface area (Å²) in [5.41, 5.74) is 1.46. The van der Waals surface area contributed by atoms with Crippen LogP contribution in [-0.2, 0) is 32.9 Å². The number of hydrogen-bond acceptors (Lipinski definition) is 6. The fourth-order valence-electron chi connectivity index (χ4n) is 6.06. The maximum atomic E-state index is 13.7. The molecule has 0 bridgehead atoms. The summed E-state index contributed by atoms with van der Waals surface area (Å²) in [6.07, 6.45) is 2.13. The summed E-state index contributed by atoms with van der Waals surface area (Å²) in [6, 6.07) is 14.9. The standard InChI is InChI=1S/C32H40N4O5/c1-4-34(5-2)18-17-33-29(38)26-13-14-27-25(19-26)15-16-32(27)30(39)36(31(40)41-32)21-28(37)35(22(3)24-11-12-24)20-23-9-7-6-8-10-23/h6-10,13-14,19,22,24H,4-5,11-12,15-18,20-21H2,1-3H3,(H,33,38)/t22-,32+/m0/s1. The van der Waals surface area contributed by atoms with E-state index < -0.39 is 17.6 Å². The normalized spacial score (nSPS) is 20.3. The zero-order valence-corrected chi connectivity index (χ0v) is 24.2. The first-order chi connectivity index (χ1) is 19.8. The van der Waals surface area contributed by atoms with Gasteiger partial charge in [0, 0.05) is 43.2 Å². The molecule has 3 aliphatic rings. The molecule has 2 atom stereocenters. The van der Waals surface area contributed by atoms with Crippen LogP contribution in [0.1, 0.15) is 67.1 Å². The van der Waals surface area contributed by atoms with Crippen LogP contribution in [0.2, 0.25) is 0 Å². The molecular weight excluding hydrogens is 520 g/mol. The molecule has 2 aromatic rings. The van der Waals surface area contributed by atoms with E-state index in [2.05, 4.69) is 24.1 Å². The molecule has 1 aliphatic heterocycles. The number of nitrogens with zero attached hydrogens (tertiary/aromatic N) is 3. The zero-order chi connectivity index (χ0) is 29.1. The van der Waals surface area contributed by atoms with Crippen LogP contribution < -0.4 is 5.32 Å². The second-order valence-corrected chi connectivity index (χ2v) is 11.3. The van der Waals surface area contributed by atoms with Crippen molar-refractivity contribution in [1.82, 2.24) is 20.0 Å². The van der Waals surface area contributed by atoms with Gasteiger partial charge in [0.25, 0.3) is 11.8 Å². The topological polar surface area (TPSA) is 99.3 Å². The smallest absolute Gasteiger partial charge is 0.418 e. The van der Waals surface area contributed by atoms with Crippen LogP contribution in [0.3, 0.4) is 0 Å². The summed E-state index contributed by atoms with van der Waals surface area (Å²) in [6.45, 7) is 9.44. The van der Waals surface area contributed by atoms with Gasteiger partial charge in [-0.05, 0) is 68.5 Å². The average molecular weight is 561 g/mol. The Kier molecular flexibility index (Phi) is 8.45. The Morgan fingerprint density at radius 1 is 1.10 bits per heavy atom. The van der Waals surface area contributed by atoms with Gasteiger partial charge in [0.05, 0.1) is 0 Å². The number of ether oxygens (including phenoxy) is 1. The molecule has 218 valence electrons. The third kappa shape index (κ3) is 5.86.